The lowest BCUT2D eigenvalue weighted by Gasteiger charge is -2.28. The Hall–Kier alpha value is -5.34. The molecule has 0 saturated heterocycles. The molecule has 0 radical (unpaired) electrons. The van der Waals surface area contributed by atoms with Crippen LogP contribution in [0.25, 0.3) is 0 Å². The van der Waals surface area contributed by atoms with Gasteiger partial charge in [0.05, 0.1) is 12.5 Å². The number of carbonyl (C=O) groups is 10. The van der Waals surface area contributed by atoms with Crippen molar-refractivity contribution in [1.29, 1.82) is 0 Å². The summed E-state index contributed by atoms with van der Waals surface area (Å²) in [6.07, 6.45) is -2.33. The topological polar surface area (TPSA) is 356 Å². The maximum atomic E-state index is 13.7. The fourth-order valence-corrected chi connectivity index (χ4v) is 5.04. The number of carboxylic acid groups (broad SMARTS) is 3. The number of hydrogen-bond donors (Lipinski definition) is 11. The van der Waals surface area contributed by atoms with Gasteiger partial charge in [0.2, 0.25) is 41.4 Å². The molecule has 0 aromatic rings. The van der Waals surface area contributed by atoms with E-state index in [0.29, 0.717) is 6.42 Å². The van der Waals surface area contributed by atoms with Gasteiger partial charge in [0.15, 0.2) is 0 Å². The van der Waals surface area contributed by atoms with E-state index in [0.717, 1.165) is 0 Å². The summed E-state index contributed by atoms with van der Waals surface area (Å²) in [7, 11) is 0. The molecule has 0 aliphatic rings. The molecule has 0 spiro atoms. The molecule has 0 fully saturated rings. The molecule has 21 heteroatoms. The van der Waals surface area contributed by atoms with Gasteiger partial charge in [-0.05, 0) is 43.4 Å². The van der Waals surface area contributed by atoms with E-state index in [4.69, 9.17) is 16.6 Å². The van der Waals surface area contributed by atoms with Crippen molar-refractivity contribution in [2.45, 2.75) is 129 Å². The van der Waals surface area contributed by atoms with Gasteiger partial charge in [-0.1, -0.05) is 48.0 Å². The van der Waals surface area contributed by atoms with Crippen molar-refractivity contribution in [3.8, 4) is 0 Å². The van der Waals surface area contributed by atoms with E-state index in [-0.39, 0.29) is 30.6 Å². The highest BCUT2D eigenvalue weighted by molar-refractivity contribution is 5.98. The Balaban J connectivity index is 6.42. The third-order valence-corrected chi connectivity index (χ3v) is 8.26. The largest absolute Gasteiger partial charge is 0.481 e. The first-order chi connectivity index (χ1) is 25.5. The molecule has 21 nitrogen and oxygen atoms in total. The molecule has 0 aliphatic heterocycles. The highest BCUT2D eigenvalue weighted by Gasteiger charge is 2.34. The minimum absolute atomic E-state index is 0.0404. The van der Waals surface area contributed by atoms with Crippen molar-refractivity contribution in [1.82, 2.24) is 31.9 Å². The molecule has 7 amide bonds. The number of nitrogens with two attached hydrogens (primary N) is 2. The third kappa shape index (κ3) is 20.6. The average molecular weight is 787 g/mol. The molecule has 13 N–H and O–H groups in total. The second-order valence-corrected chi connectivity index (χ2v) is 14.1. The summed E-state index contributed by atoms with van der Waals surface area (Å²) in [6.45, 7) is 9.58. The van der Waals surface area contributed by atoms with E-state index in [9.17, 15) is 58.2 Å². The van der Waals surface area contributed by atoms with Gasteiger partial charge in [0, 0.05) is 12.8 Å². The molecule has 55 heavy (non-hydrogen) atoms. The molecule has 0 unspecified atom stereocenters. The summed E-state index contributed by atoms with van der Waals surface area (Å²) < 4.78 is 0. The van der Waals surface area contributed by atoms with Gasteiger partial charge in [0.1, 0.15) is 36.8 Å². The van der Waals surface area contributed by atoms with Gasteiger partial charge < -0.3 is 58.7 Å². The minimum atomic E-state index is -1.64. The first-order valence-corrected chi connectivity index (χ1v) is 18.0. The van der Waals surface area contributed by atoms with Crippen LogP contribution in [-0.2, 0) is 47.9 Å². The number of hydrogen-bond acceptors (Lipinski definition) is 11. The van der Waals surface area contributed by atoms with Crippen LogP contribution in [0.3, 0.4) is 0 Å². The first-order valence-electron chi connectivity index (χ1n) is 18.0. The molecule has 7 atom stereocenters. The number of carboxylic acids is 3. The molecule has 0 aliphatic carbocycles. The smallest absolute Gasteiger partial charge is 0.322 e. The normalized spacial score (nSPS) is 14.9. The van der Waals surface area contributed by atoms with Crippen LogP contribution in [0.1, 0.15) is 92.9 Å². The zero-order valence-electron chi connectivity index (χ0n) is 32.1. The lowest BCUT2D eigenvalue weighted by atomic mass is 9.98. The zero-order valence-corrected chi connectivity index (χ0v) is 32.1. The number of amides is 7. The molecule has 0 aromatic heterocycles. The molecule has 0 bridgehead atoms. The summed E-state index contributed by atoms with van der Waals surface area (Å²) in [6, 6.07) is -8.60. The van der Waals surface area contributed by atoms with Crippen LogP contribution in [0.15, 0.2) is 0 Å². The average Bonchev–Trinajstić information content (AvgIpc) is 3.07. The highest BCUT2D eigenvalue weighted by Crippen LogP contribution is 2.11. The van der Waals surface area contributed by atoms with E-state index >= 15 is 0 Å². The predicted molar refractivity (Wildman–Crippen MR) is 194 cm³/mol. The van der Waals surface area contributed by atoms with Gasteiger partial charge in [-0.25, -0.2) is 0 Å². The second kappa shape index (κ2) is 24.9. The van der Waals surface area contributed by atoms with Crippen LogP contribution in [0.4, 0.5) is 0 Å². The van der Waals surface area contributed by atoms with Crippen molar-refractivity contribution < 1.29 is 63.3 Å². The molecule has 0 heterocycles. The van der Waals surface area contributed by atoms with Gasteiger partial charge in [-0.3, -0.25) is 47.9 Å². The Bertz CT molecular complexity index is 1390. The van der Waals surface area contributed by atoms with Crippen LogP contribution < -0.4 is 43.4 Å². The van der Waals surface area contributed by atoms with Crippen molar-refractivity contribution >= 4 is 59.3 Å². The monoisotopic (exact) mass is 786 g/mol. The number of carbonyl (C=O) groups excluding carboxylic acids is 7. The van der Waals surface area contributed by atoms with Crippen LogP contribution in [-0.4, -0.2) is 117 Å². The molecule has 0 saturated carbocycles. The van der Waals surface area contributed by atoms with E-state index < -0.39 is 134 Å². The van der Waals surface area contributed by atoms with Crippen LogP contribution in [0, 0.1) is 17.8 Å². The van der Waals surface area contributed by atoms with Crippen molar-refractivity contribution in [3.05, 3.63) is 0 Å². The lowest BCUT2D eigenvalue weighted by Crippen LogP contribution is -2.60. The second-order valence-electron chi connectivity index (χ2n) is 14.1. The minimum Gasteiger partial charge on any atom is -0.481 e. The number of rotatable bonds is 27. The number of nitrogens with one attached hydrogen (secondary N) is 6. The molecular formula is C34H58N8O13. The maximum Gasteiger partial charge on any atom is 0.322 e. The summed E-state index contributed by atoms with van der Waals surface area (Å²) >= 11 is 0. The summed E-state index contributed by atoms with van der Waals surface area (Å²) in [5.41, 5.74) is 11.2. The summed E-state index contributed by atoms with van der Waals surface area (Å²) in [5, 5.41) is 41.7. The van der Waals surface area contributed by atoms with Crippen LogP contribution >= 0.6 is 0 Å². The first kappa shape index (κ1) is 49.7. The Morgan fingerprint density at radius 1 is 0.527 bits per heavy atom. The van der Waals surface area contributed by atoms with E-state index in [1.807, 2.05) is 0 Å². The standard InChI is InChI=1S/C34H58N8O13/c1-7-18(6)28(36)34(55)42-23(14-26(46)47)33(54)41-22(13-17(4)5)32(53)39-19(8-10-24(35)43)30(51)38-20(9-11-25(44)45)31(52)40-21(12-16(2)3)29(50)37-15-27(48)49/h16-23,28H,7-15,36H2,1-6H3,(H2,35,43)(H,37,50)(H,38,51)(H,39,53)(H,40,52)(H,41,54)(H,42,55)(H,44,45)(H,46,47)(H,48,49)/t18-,19-,20-,21-,22-,23-,28-/m0/s1. The highest BCUT2D eigenvalue weighted by atomic mass is 16.4. The maximum absolute atomic E-state index is 13.7. The Morgan fingerprint density at radius 2 is 0.927 bits per heavy atom. The molecule has 0 aromatic carbocycles. The number of aliphatic carboxylic acids is 3. The van der Waals surface area contributed by atoms with E-state index in [1.165, 1.54) is 0 Å². The molecule has 0 rings (SSSR count). The van der Waals surface area contributed by atoms with Gasteiger partial charge >= 0.3 is 17.9 Å². The lowest BCUT2D eigenvalue weighted by molar-refractivity contribution is -0.141. The molecule has 312 valence electrons. The van der Waals surface area contributed by atoms with E-state index in [1.54, 1.807) is 41.5 Å². The van der Waals surface area contributed by atoms with Gasteiger partial charge in [-0.15, -0.1) is 0 Å². The fraction of sp³-hybridized carbons (Fsp3) is 0.706. The van der Waals surface area contributed by atoms with Crippen LogP contribution in [0.2, 0.25) is 0 Å². The molecular weight excluding hydrogens is 728 g/mol. The summed E-state index contributed by atoms with van der Waals surface area (Å²) in [4.78, 5) is 125. The van der Waals surface area contributed by atoms with Crippen molar-refractivity contribution in [2.24, 2.45) is 29.2 Å². The fourth-order valence-electron chi connectivity index (χ4n) is 5.04. The Labute approximate surface area is 319 Å². The SMILES string of the molecule is CC[C@H](C)[C@H](N)C(=O)N[C@@H](CC(=O)O)C(=O)N[C@@H](CC(C)C)C(=O)N[C@@H](CCC(N)=O)C(=O)N[C@@H](CCC(=O)O)C(=O)N[C@@H](CC(C)C)C(=O)NCC(=O)O. The Kier molecular flexibility index (Phi) is 22.5. The van der Waals surface area contributed by atoms with Crippen LogP contribution in [0.5, 0.6) is 0 Å². The predicted octanol–water partition coefficient (Wildman–Crippen LogP) is -2.32. The van der Waals surface area contributed by atoms with E-state index in [2.05, 4.69) is 31.9 Å². The Morgan fingerprint density at radius 3 is 1.33 bits per heavy atom. The van der Waals surface area contributed by atoms with Gasteiger partial charge in [-0.2, -0.15) is 0 Å². The summed E-state index contributed by atoms with van der Waals surface area (Å²) in [5.74, 6) is -11.5. The zero-order chi connectivity index (χ0) is 42.6. The number of primary amides is 1. The van der Waals surface area contributed by atoms with Gasteiger partial charge in [0.25, 0.3) is 0 Å². The quantitative estimate of drug-likeness (QED) is 0.0417. The van der Waals surface area contributed by atoms with Crippen molar-refractivity contribution in [3.63, 3.8) is 0 Å². The van der Waals surface area contributed by atoms with Crippen molar-refractivity contribution in [2.75, 3.05) is 6.54 Å². The third-order valence-electron chi connectivity index (χ3n) is 8.26.